The van der Waals surface area contributed by atoms with Gasteiger partial charge in [0.1, 0.15) is 46.5 Å². The number of carboxylic acid groups (broad SMARTS) is 1. The molecule has 1 aromatic carbocycles. The lowest BCUT2D eigenvalue weighted by atomic mass is 9.83. The number of anilines is 1. The molecule has 9 atom stereocenters. The van der Waals surface area contributed by atoms with Crippen molar-refractivity contribution in [3.8, 4) is 5.75 Å². The van der Waals surface area contributed by atoms with Gasteiger partial charge in [0, 0.05) is 75.8 Å². The lowest BCUT2D eigenvalue weighted by molar-refractivity contribution is -0.162. The summed E-state index contributed by atoms with van der Waals surface area (Å²) in [5.74, 6) is -3.18. The smallest absolute Gasteiger partial charge is 0.409 e. The second kappa shape index (κ2) is 25.4. The van der Waals surface area contributed by atoms with Gasteiger partial charge in [-0.05, 0) is 71.6 Å². The third-order valence-electron chi connectivity index (χ3n) is 13.1. The molecule has 0 aliphatic carbocycles. The van der Waals surface area contributed by atoms with Crippen molar-refractivity contribution in [3.05, 3.63) is 46.5 Å². The molecular weight excluding hydrogens is 968 g/mol. The molecule has 1 aromatic rings. The zero-order valence-electron chi connectivity index (χ0n) is 42.1. The number of nitrogens with one attached hydrogen (secondary N) is 2. The number of ketones is 1. The molecule has 390 valence electrons. The highest BCUT2D eigenvalue weighted by Crippen LogP contribution is 2.49. The van der Waals surface area contributed by atoms with Crippen LogP contribution in [-0.2, 0) is 54.1 Å². The quantitative estimate of drug-likeness (QED) is 0.0477. The summed E-state index contributed by atoms with van der Waals surface area (Å²) in [5, 5.41) is 26.3. The molecule has 0 radical (unpaired) electrons. The maximum absolute atomic E-state index is 14.3. The number of hydrogen-bond donors (Lipinski definition) is 4. The lowest BCUT2D eigenvalue weighted by Gasteiger charge is -2.42. The first kappa shape index (κ1) is 58.2. The summed E-state index contributed by atoms with van der Waals surface area (Å²) in [6.07, 6.45) is 1.57. The first-order chi connectivity index (χ1) is 32.7. The summed E-state index contributed by atoms with van der Waals surface area (Å²) in [6.45, 7) is 12.9. The molecular formula is C49H71ClN4O14S2. The van der Waals surface area contributed by atoms with Crippen LogP contribution in [0.2, 0.25) is 5.02 Å². The number of aliphatic carboxylic acids is 1. The second-order valence-electron chi connectivity index (χ2n) is 19.2. The number of likely N-dealkylation sites (N-methyl/N-ethyl adjacent to an activating group) is 1. The van der Waals surface area contributed by atoms with Gasteiger partial charge in [0.05, 0.1) is 31.7 Å². The maximum atomic E-state index is 14.3. The molecule has 3 aliphatic rings. The van der Waals surface area contributed by atoms with Crippen LogP contribution < -0.4 is 20.3 Å². The zero-order valence-corrected chi connectivity index (χ0v) is 44.5. The van der Waals surface area contributed by atoms with Crippen molar-refractivity contribution in [1.82, 2.24) is 15.5 Å². The van der Waals surface area contributed by atoms with Gasteiger partial charge in [-0.1, -0.05) is 70.8 Å². The summed E-state index contributed by atoms with van der Waals surface area (Å²) in [4.78, 5) is 92.9. The van der Waals surface area contributed by atoms with Crippen molar-refractivity contribution in [2.24, 2.45) is 11.8 Å². The van der Waals surface area contributed by atoms with Crippen LogP contribution in [0.15, 0.2) is 35.9 Å². The molecule has 21 heteroatoms. The zero-order chi connectivity index (χ0) is 52.3. The van der Waals surface area contributed by atoms with Gasteiger partial charge in [-0.25, -0.2) is 9.59 Å². The number of ether oxygens (including phenoxy) is 5. The number of epoxide rings is 1. The van der Waals surface area contributed by atoms with E-state index in [1.165, 1.54) is 31.1 Å². The molecule has 0 aromatic heterocycles. The number of esters is 1. The Balaban J connectivity index is 1.44. The van der Waals surface area contributed by atoms with E-state index in [0.717, 1.165) is 11.1 Å². The van der Waals surface area contributed by atoms with Gasteiger partial charge in [-0.2, -0.15) is 0 Å². The van der Waals surface area contributed by atoms with Crippen LogP contribution >= 0.6 is 33.2 Å². The van der Waals surface area contributed by atoms with Gasteiger partial charge in [0.15, 0.2) is 5.72 Å². The SMILES string of the molecule is COc1cc2cc(c1Cl)N(C)C(=O)C[C@H](OC(=O)[C@H](C)N(C)C(=O)CCC(C)(C)SSCCNC(=O)CCCC(=O)C(C)CC(=O)O)[C@]1(C)O[C@H]1[C@H](C)[C@@H]1C[C@@](O)(NC(=O)O1)[C@H](OC)/C=C/C=C(\C)C2. The number of halogens is 1. The summed E-state index contributed by atoms with van der Waals surface area (Å²) < 4.78 is 29.1. The van der Waals surface area contributed by atoms with Crippen LogP contribution in [0.1, 0.15) is 105 Å². The third kappa shape index (κ3) is 15.8. The van der Waals surface area contributed by atoms with Gasteiger partial charge in [0.25, 0.3) is 0 Å². The number of hydrogen-bond acceptors (Lipinski definition) is 15. The van der Waals surface area contributed by atoms with Crippen LogP contribution in [-0.4, -0.2) is 144 Å². The van der Waals surface area contributed by atoms with E-state index in [0.29, 0.717) is 43.0 Å². The molecule has 2 saturated heterocycles. The van der Waals surface area contributed by atoms with E-state index in [-0.39, 0.29) is 65.9 Å². The van der Waals surface area contributed by atoms with E-state index >= 15 is 0 Å². The van der Waals surface area contributed by atoms with Crippen molar-refractivity contribution in [3.63, 3.8) is 0 Å². The number of carboxylic acids is 1. The molecule has 4 rings (SSSR count). The molecule has 2 fully saturated rings. The average Bonchev–Trinajstić information content (AvgIpc) is 3.99. The number of nitrogens with zero attached hydrogens (tertiary/aromatic N) is 2. The topological polar surface area (TPSA) is 240 Å². The molecule has 4 amide bonds. The molecule has 3 heterocycles. The van der Waals surface area contributed by atoms with Crippen molar-refractivity contribution in [2.75, 3.05) is 45.5 Å². The Morgan fingerprint density at radius 3 is 2.49 bits per heavy atom. The Morgan fingerprint density at radius 1 is 1.13 bits per heavy atom. The standard InChI is InChI=1S/C49H71ClN4O14S2/c1-28-14-12-16-37(65-11)49(63)27-36(66-46(62)52-49)30(3)44-48(7,68-44)38(26-41(58)54(9)33-24-32(22-28)25-35(64-10)43(33)50)67-45(61)31(4)53(8)40(57)18-19-47(5,6)70-69-21-20-51-39(56)17-13-15-34(55)29(2)23-42(59)60/h12,14,16,24-25,29-31,36-38,44,63H,13,15,17-23,26-27H2,1-11H3,(H,51,56)(H,52,62)(H,59,60)/b16-12+,28-14+/t29?,30-,31+,36+,37-,38+,44+,48+,49+/m1/s1. The number of carbonyl (C=O) groups is 7. The normalized spacial score (nSPS) is 27.0. The predicted octanol–water partition coefficient (Wildman–Crippen LogP) is 6.42. The van der Waals surface area contributed by atoms with Crippen LogP contribution in [0.25, 0.3) is 0 Å². The van der Waals surface area contributed by atoms with Crippen LogP contribution in [0.3, 0.4) is 0 Å². The van der Waals surface area contributed by atoms with E-state index in [9.17, 15) is 38.7 Å². The molecule has 70 heavy (non-hydrogen) atoms. The molecule has 18 nitrogen and oxygen atoms in total. The Bertz CT molecular complexity index is 2160. The fourth-order valence-electron chi connectivity index (χ4n) is 8.41. The minimum absolute atomic E-state index is 0.0843. The Labute approximate surface area is 424 Å². The third-order valence-corrected chi connectivity index (χ3v) is 16.8. The predicted molar refractivity (Wildman–Crippen MR) is 268 cm³/mol. The lowest BCUT2D eigenvalue weighted by Crippen LogP contribution is -2.63. The van der Waals surface area contributed by atoms with Crippen molar-refractivity contribution >= 4 is 80.4 Å². The van der Waals surface area contributed by atoms with E-state index in [1.807, 2.05) is 26.8 Å². The number of rotatable bonds is 20. The fraction of sp³-hybridized carbons (Fsp3) is 0.653. The van der Waals surface area contributed by atoms with Gasteiger partial charge < -0.3 is 49.0 Å². The van der Waals surface area contributed by atoms with E-state index in [2.05, 4.69) is 10.6 Å². The number of amides is 4. The molecule has 1 unspecified atom stereocenters. The first-order valence-corrected chi connectivity index (χ1v) is 26.1. The Kier molecular flexibility index (Phi) is 21.1. The second-order valence-corrected chi connectivity index (χ2v) is 22.7. The van der Waals surface area contributed by atoms with Gasteiger partial charge in [-0.15, -0.1) is 0 Å². The first-order valence-electron chi connectivity index (χ1n) is 23.4. The summed E-state index contributed by atoms with van der Waals surface area (Å²) in [5.41, 5.74) is -1.09. The Hall–Kier alpha value is -4.34. The molecule has 0 saturated carbocycles. The highest BCUT2D eigenvalue weighted by Gasteiger charge is 2.64. The number of Topliss-reactive ketones (excluding diaryl/α,β-unsaturated/α-hetero) is 1. The minimum Gasteiger partial charge on any atom is -0.495 e. The summed E-state index contributed by atoms with van der Waals surface area (Å²) in [6, 6.07) is 2.49. The number of aliphatic hydroxyl groups is 1. The molecule has 0 spiro atoms. The highest BCUT2D eigenvalue weighted by molar-refractivity contribution is 8.77. The van der Waals surface area contributed by atoms with E-state index < -0.39 is 77.6 Å². The number of methoxy groups -OCH3 is 2. The summed E-state index contributed by atoms with van der Waals surface area (Å²) in [7, 11) is 9.07. The van der Waals surface area contributed by atoms with Crippen molar-refractivity contribution in [2.45, 2.75) is 153 Å². The molecule has 4 bridgehead atoms. The number of allylic oxidation sites excluding steroid dienone is 3. The van der Waals surface area contributed by atoms with E-state index in [4.69, 9.17) is 40.4 Å². The molecule has 3 aliphatic heterocycles. The van der Waals surface area contributed by atoms with Gasteiger partial charge in [0.2, 0.25) is 17.7 Å². The minimum atomic E-state index is -1.87. The van der Waals surface area contributed by atoms with Crippen LogP contribution in [0.4, 0.5) is 10.5 Å². The number of carbonyl (C=O) groups excluding carboxylic acids is 6. The monoisotopic (exact) mass is 1040 g/mol. The van der Waals surface area contributed by atoms with Gasteiger partial charge in [-0.3, -0.25) is 29.3 Å². The highest BCUT2D eigenvalue weighted by atomic mass is 35.5. The molecule has 4 N–H and O–H groups in total. The van der Waals surface area contributed by atoms with Gasteiger partial charge >= 0.3 is 18.0 Å². The summed E-state index contributed by atoms with van der Waals surface area (Å²) >= 11 is 6.81. The van der Waals surface area contributed by atoms with Crippen LogP contribution in [0.5, 0.6) is 5.75 Å². The number of fused-ring (bicyclic) bond motifs is 5. The van der Waals surface area contributed by atoms with Crippen molar-refractivity contribution < 1.29 is 67.5 Å². The van der Waals surface area contributed by atoms with Crippen molar-refractivity contribution in [1.29, 1.82) is 0 Å². The number of alkyl carbamates (subject to hydrolysis) is 1. The largest absolute Gasteiger partial charge is 0.495 e. The van der Waals surface area contributed by atoms with E-state index in [1.54, 1.807) is 80.6 Å². The fourth-order valence-corrected chi connectivity index (χ4v) is 11.2. The maximum Gasteiger partial charge on any atom is 0.409 e. The van der Waals surface area contributed by atoms with Crippen LogP contribution in [0, 0.1) is 11.8 Å². The average molecular weight is 1040 g/mol. The number of benzene rings is 1. The Morgan fingerprint density at radius 2 is 1.83 bits per heavy atom.